The summed E-state index contributed by atoms with van der Waals surface area (Å²) in [6.45, 7) is -0.377. The molecule has 1 heterocycles. The number of carboxylic acid groups (broad SMARTS) is 1. The highest BCUT2D eigenvalue weighted by atomic mass is 35.5. The molecule has 1 aliphatic rings. The van der Waals surface area contributed by atoms with Gasteiger partial charge in [0.05, 0.1) is 16.2 Å². The summed E-state index contributed by atoms with van der Waals surface area (Å²) in [4.78, 5) is 37.7. The molecule has 3 N–H and O–H groups in total. The van der Waals surface area contributed by atoms with Crippen molar-refractivity contribution in [1.82, 2.24) is 4.90 Å². The largest absolute Gasteiger partial charge is 0.508 e. The van der Waals surface area contributed by atoms with Gasteiger partial charge in [-0.1, -0.05) is 47.7 Å². The summed E-state index contributed by atoms with van der Waals surface area (Å²) in [6, 6.07) is 10.5. The topological polar surface area (TPSA) is 107 Å². The van der Waals surface area contributed by atoms with E-state index < -0.39 is 17.8 Å². The van der Waals surface area contributed by atoms with Crippen molar-refractivity contribution in [1.29, 1.82) is 0 Å². The summed E-state index contributed by atoms with van der Waals surface area (Å²) in [7, 11) is 0. The third-order valence-electron chi connectivity index (χ3n) is 3.83. The third kappa shape index (κ3) is 4.94. The molecule has 0 spiro atoms. The number of hydrogen-bond donors (Lipinski definition) is 3. The molecular formula is C19H13ClN2O5S2. The molecule has 2 aromatic rings. The normalized spacial score (nSPS) is 15.1. The lowest BCUT2D eigenvalue weighted by Crippen LogP contribution is -2.36. The number of carbonyl (C=O) groups excluding carboxylic acids is 2. The van der Waals surface area contributed by atoms with Crippen LogP contribution in [0.25, 0.3) is 6.08 Å². The van der Waals surface area contributed by atoms with Crippen molar-refractivity contribution in [2.75, 3.05) is 11.9 Å². The molecule has 0 unspecified atom stereocenters. The number of benzene rings is 2. The number of rotatable bonds is 5. The molecule has 10 heteroatoms. The molecule has 0 aromatic heterocycles. The minimum Gasteiger partial charge on any atom is -0.508 e. The Hall–Kier alpha value is -2.88. The number of carboxylic acids is 1. The van der Waals surface area contributed by atoms with Crippen molar-refractivity contribution in [3.8, 4) is 5.75 Å². The highest BCUT2D eigenvalue weighted by Crippen LogP contribution is 2.33. The number of nitrogens with one attached hydrogen (secondary N) is 1. The summed E-state index contributed by atoms with van der Waals surface area (Å²) in [5.74, 6) is -2.62. The molecule has 29 heavy (non-hydrogen) atoms. The van der Waals surface area contributed by atoms with E-state index in [2.05, 4.69) is 5.32 Å². The second-order valence-electron chi connectivity index (χ2n) is 5.91. The highest BCUT2D eigenvalue weighted by molar-refractivity contribution is 8.26. The lowest BCUT2D eigenvalue weighted by molar-refractivity contribution is -0.126. The van der Waals surface area contributed by atoms with Crippen molar-refractivity contribution >= 4 is 69.4 Å². The lowest BCUT2D eigenvalue weighted by atomic mass is 10.1. The second-order valence-corrected chi connectivity index (χ2v) is 8.02. The number of aromatic hydroxyl groups is 1. The Morgan fingerprint density at radius 1 is 1.24 bits per heavy atom. The SMILES string of the molecule is O=C(CN1C(=O)/C(=C/c2cccc(Cl)c2)SC1=S)Nc1ccc(O)cc1C(=O)O. The predicted octanol–water partition coefficient (Wildman–Crippen LogP) is 3.58. The van der Waals surface area contributed by atoms with Crippen molar-refractivity contribution in [3.63, 3.8) is 0 Å². The monoisotopic (exact) mass is 448 g/mol. The minimum absolute atomic E-state index is 0.000195. The van der Waals surface area contributed by atoms with E-state index in [4.69, 9.17) is 23.8 Å². The van der Waals surface area contributed by atoms with Crippen LogP contribution in [-0.2, 0) is 9.59 Å². The fraction of sp³-hybridized carbons (Fsp3) is 0.0526. The van der Waals surface area contributed by atoms with E-state index in [0.29, 0.717) is 9.93 Å². The third-order valence-corrected chi connectivity index (χ3v) is 5.44. The molecule has 0 aliphatic carbocycles. The van der Waals surface area contributed by atoms with Crippen LogP contribution in [0, 0.1) is 0 Å². The van der Waals surface area contributed by atoms with Gasteiger partial charge < -0.3 is 15.5 Å². The Morgan fingerprint density at radius 2 is 2.00 bits per heavy atom. The average molecular weight is 449 g/mol. The Labute approximate surface area is 180 Å². The van der Waals surface area contributed by atoms with E-state index in [9.17, 15) is 24.6 Å². The number of phenols is 1. The Balaban J connectivity index is 1.74. The fourth-order valence-corrected chi connectivity index (χ4v) is 3.99. The van der Waals surface area contributed by atoms with Crippen LogP contribution in [0.4, 0.5) is 5.69 Å². The molecule has 1 saturated heterocycles. The van der Waals surface area contributed by atoms with Gasteiger partial charge in [-0.2, -0.15) is 0 Å². The van der Waals surface area contributed by atoms with Crippen LogP contribution in [0.15, 0.2) is 47.4 Å². The Morgan fingerprint density at radius 3 is 2.69 bits per heavy atom. The molecule has 0 atom stereocenters. The Bertz CT molecular complexity index is 1070. The summed E-state index contributed by atoms with van der Waals surface area (Å²) in [5, 5.41) is 21.6. The number of anilines is 1. The van der Waals surface area contributed by atoms with E-state index in [1.807, 2.05) is 0 Å². The molecule has 7 nitrogen and oxygen atoms in total. The van der Waals surface area contributed by atoms with Gasteiger partial charge in [0.1, 0.15) is 16.6 Å². The van der Waals surface area contributed by atoms with Crippen LogP contribution in [-0.4, -0.2) is 43.8 Å². The second kappa shape index (κ2) is 8.64. The summed E-state index contributed by atoms with van der Waals surface area (Å²) in [5.41, 5.74) is 0.447. The van der Waals surface area contributed by atoms with Gasteiger partial charge >= 0.3 is 5.97 Å². The molecular weight excluding hydrogens is 436 g/mol. The number of phenolic OH excluding ortho intramolecular Hbond substituents is 1. The maximum Gasteiger partial charge on any atom is 0.337 e. The van der Waals surface area contributed by atoms with Crippen LogP contribution < -0.4 is 5.32 Å². The number of thiocarbonyl (C=S) groups is 1. The summed E-state index contributed by atoms with van der Waals surface area (Å²) in [6.07, 6.45) is 1.63. The van der Waals surface area contributed by atoms with Crippen LogP contribution >= 0.6 is 35.6 Å². The zero-order chi connectivity index (χ0) is 21.1. The van der Waals surface area contributed by atoms with Gasteiger partial charge in [-0.05, 0) is 42.0 Å². The molecule has 1 aliphatic heterocycles. The van der Waals surface area contributed by atoms with Crippen molar-refractivity contribution in [3.05, 3.63) is 63.5 Å². The van der Waals surface area contributed by atoms with Gasteiger partial charge in [-0.3, -0.25) is 14.5 Å². The maximum absolute atomic E-state index is 12.6. The molecule has 0 radical (unpaired) electrons. The number of hydrogen-bond acceptors (Lipinski definition) is 6. The van der Waals surface area contributed by atoms with Gasteiger partial charge in [0.25, 0.3) is 5.91 Å². The van der Waals surface area contributed by atoms with E-state index in [0.717, 1.165) is 28.3 Å². The van der Waals surface area contributed by atoms with E-state index in [1.165, 1.54) is 12.1 Å². The van der Waals surface area contributed by atoms with Crippen LogP contribution in [0.1, 0.15) is 15.9 Å². The first kappa shape index (κ1) is 20.8. The average Bonchev–Trinajstić information content (AvgIpc) is 2.90. The van der Waals surface area contributed by atoms with Gasteiger partial charge in [-0.15, -0.1) is 0 Å². The molecule has 3 rings (SSSR count). The van der Waals surface area contributed by atoms with Crippen molar-refractivity contribution < 1.29 is 24.6 Å². The number of amides is 2. The van der Waals surface area contributed by atoms with Gasteiger partial charge in [0.15, 0.2) is 0 Å². The van der Waals surface area contributed by atoms with Gasteiger partial charge in [0, 0.05) is 5.02 Å². The van der Waals surface area contributed by atoms with Crippen molar-refractivity contribution in [2.45, 2.75) is 0 Å². The predicted molar refractivity (Wildman–Crippen MR) is 115 cm³/mol. The van der Waals surface area contributed by atoms with E-state index in [1.54, 1.807) is 30.3 Å². The molecule has 1 fully saturated rings. The number of thioether (sulfide) groups is 1. The van der Waals surface area contributed by atoms with Crippen molar-refractivity contribution in [2.24, 2.45) is 0 Å². The van der Waals surface area contributed by atoms with E-state index >= 15 is 0 Å². The molecule has 2 amide bonds. The van der Waals surface area contributed by atoms with Gasteiger partial charge in [-0.25, -0.2) is 4.79 Å². The first-order valence-electron chi connectivity index (χ1n) is 8.11. The zero-order valence-corrected chi connectivity index (χ0v) is 17.0. The lowest BCUT2D eigenvalue weighted by Gasteiger charge is -2.15. The first-order valence-corrected chi connectivity index (χ1v) is 9.72. The smallest absolute Gasteiger partial charge is 0.337 e. The standard InChI is InChI=1S/C19H13ClN2O5S2/c20-11-3-1-2-10(6-11)7-15-17(25)22(19(28)29-15)9-16(24)21-14-5-4-12(23)8-13(14)18(26)27/h1-8,23H,9H2,(H,21,24)(H,26,27)/b15-7-. The van der Waals surface area contributed by atoms with Crippen LogP contribution in [0.2, 0.25) is 5.02 Å². The zero-order valence-electron chi connectivity index (χ0n) is 14.6. The fourth-order valence-electron chi connectivity index (χ4n) is 2.54. The summed E-state index contributed by atoms with van der Waals surface area (Å²) >= 11 is 12.2. The van der Waals surface area contributed by atoms with Crippen LogP contribution in [0.3, 0.4) is 0 Å². The first-order chi connectivity index (χ1) is 13.7. The maximum atomic E-state index is 12.6. The Kier molecular flexibility index (Phi) is 6.21. The molecule has 0 saturated carbocycles. The quantitative estimate of drug-likeness (QED) is 0.364. The highest BCUT2D eigenvalue weighted by Gasteiger charge is 2.33. The number of carbonyl (C=O) groups is 3. The number of nitrogens with zero attached hydrogens (tertiary/aromatic N) is 1. The summed E-state index contributed by atoms with van der Waals surface area (Å²) < 4.78 is 0.211. The molecule has 0 bridgehead atoms. The number of halogens is 1. The van der Waals surface area contributed by atoms with Crippen LogP contribution in [0.5, 0.6) is 5.75 Å². The molecule has 148 valence electrons. The minimum atomic E-state index is -1.31. The number of aromatic carboxylic acids is 1. The van der Waals surface area contributed by atoms with E-state index in [-0.39, 0.29) is 27.9 Å². The molecule has 2 aromatic carbocycles. The van der Waals surface area contributed by atoms with Gasteiger partial charge in [0.2, 0.25) is 5.91 Å².